The van der Waals surface area contributed by atoms with E-state index in [0.29, 0.717) is 15.2 Å². The van der Waals surface area contributed by atoms with Gasteiger partial charge in [0.05, 0.1) is 11.8 Å². The van der Waals surface area contributed by atoms with Crippen molar-refractivity contribution in [3.05, 3.63) is 55.7 Å². The highest BCUT2D eigenvalue weighted by atomic mass is 79.9. The predicted molar refractivity (Wildman–Crippen MR) is 72.5 cm³/mol. The fourth-order valence-corrected chi connectivity index (χ4v) is 2.10. The maximum absolute atomic E-state index is 11.8. The lowest BCUT2D eigenvalue weighted by atomic mass is 10.3. The summed E-state index contributed by atoms with van der Waals surface area (Å²) in [5.74, 6) is -1.22. The molecule has 0 aliphatic heterocycles. The number of carbonyl (C=O) groups excluding carboxylic acids is 1. The van der Waals surface area contributed by atoms with E-state index in [1.807, 2.05) is 0 Å². The number of carbonyl (C=O) groups is 1. The van der Waals surface area contributed by atoms with Crippen molar-refractivity contribution in [3.63, 3.8) is 0 Å². The zero-order valence-electron chi connectivity index (χ0n) is 9.22. The second kappa shape index (κ2) is 5.41. The Hall–Kier alpha value is -1.86. The standard InChI is InChI=1S/C11H6BrClN2O4/c12-7-5-6(13)1-2-8(7)14-11(16)9-3-4-10(19-9)15(17)18/h1-5H,(H,14,16). The topological polar surface area (TPSA) is 85.4 Å². The Balaban J connectivity index is 2.18. The summed E-state index contributed by atoms with van der Waals surface area (Å²) < 4.78 is 5.38. The molecule has 0 spiro atoms. The Kier molecular flexibility index (Phi) is 3.87. The molecule has 2 aromatic rings. The molecule has 0 bridgehead atoms. The first-order chi connectivity index (χ1) is 8.97. The summed E-state index contributed by atoms with van der Waals surface area (Å²) in [5.41, 5.74) is 0.480. The van der Waals surface area contributed by atoms with E-state index in [9.17, 15) is 14.9 Å². The third-order valence-electron chi connectivity index (χ3n) is 2.17. The summed E-state index contributed by atoms with van der Waals surface area (Å²) in [6.07, 6.45) is 0. The van der Waals surface area contributed by atoms with Crippen LogP contribution in [0, 0.1) is 10.1 Å². The van der Waals surface area contributed by atoms with Crippen molar-refractivity contribution in [3.8, 4) is 0 Å². The smallest absolute Gasteiger partial charge is 0.395 e. The molecule has 0 aliphatic rings. The van der Waals surface area contributed by atoms with Crippen LogP contribution in [0.3, 0.4) is 0 Å². The molecule has 8 heteroatoms. The number of hydrogen-bond donors (Lipinski definition) is 1. The molecule has 0 saturated heterocycles. The quantitative estimate of drug-likeness (QED) is 0.676. The van der Waals surface area contributed by atoms with Crippen LogP contribution in [0.2, 0.25) is 5.02 Å². The number of furan rings is 1. The maximum atomic E-state index is 11.8. The molecule has 0 unspecified atom stereocenters. The molecular weight excluding hydrogens is 339 g/mol. The number of nitro groups is 1. The maximum Gasteiger partial charge on any atom is 0.433 e. The lowest BCUT2D eigenvalue weighted by Crippen LogP contribution is -2.11. The number of nitrogens with zero attached hydrogens (tertiary/aromatic N) is 1. The molecule has 98 valence electrons. The van der Waals surface area contributed by atoms with E-state index in [1.165, 1.54) is 6.07 Å². The Morgan fingerprint density at radius 3 is 2.68 bits per heavy atom. The van der Waals surface area contributed by atoms with Gasteiger partial charge in [-0.15, -0.1) is 0 Å². The summed E-state index contributed by atoms with van der Waals surface area (Å²) in [6.45, 7) is 0. The van der Waals surface area contributed by atoms with E-state index in [1.54, 1.807) is 18.2 Å². The van der Waals surface area contributed by atoms with E-state index < -0.39 is 16.7 Å². The molecule has 1 N–H and O–H groups in total. The van der Waals surface area contributed by atoms with Gasteiger partial charge in [0.15, 0.2) is 5.76 Å². The van der Waals surface area contributed by atoms with Gasteiger partial charge in [0.25, 0.3) is 5.91 Å². The van der Waals surface area contributed by atoms with Crippen LogP contribution in [0.15, 0.2) is 39.2 Å². The molecular formula is C11H6BrClN2O4. The van der Waals surface area contributed by atoms with Gasteiger partial charge in [0.2, 0.25) is 0 Å². The van der Waals surface area contributed by atoms with Crippen molar-refractivity contribution in [2.75, 3.05) is 5.32 Å². The number of amides is 1. The highest BCUT2D eigenvalue weighted by Crippen LogP contribution is 2.26. The molecule has 1 aromatic heterocycles. The van der Waals surface area contributed by atoms with E-state index in [4.69, 9.17) is 16.0 Å². The zero-order chi connectivity index (χ0) is 14.0. The highest BCUT2D eigenvalue weighted by Gasteiger charge is 2.17. The van der Waals surface area contributed by atoms with Crippen LogP contribution in [0.5, 0.6) is 0 Å². The fraction of sp³-hybridized carbons (Fsp3) is 0. The fourth-order valence-electron chi connectivity index (χ4n) is 1.32. The summed E-state index contributed by atoms with van der Waals surface area (Å²) in [5, 5.41) is 13.5. The normalized spacial score (nSPS) is 10.2. The Labute approximate surface area is 120 Å². The van der Waals surface area contributed by atoms with Gasteiger partial charge in [0.1, 0.15) is 4.92 Å². The minimum Gasteiger partial charge on any atom is -0.395 e. The first-order valence-electron chi connectivity index (χ1n) is 4.98. The monoisotopic (exact) mass is 344 g/mol. The van der Waals surface area contributed by atoms with Gasteiger partial charge in [-0.2, -0.15) is 0 Å². The predicted octanol–water partition coefficient (Wildman–Crippen LogP) is 3.86. The number of nitrogens with one attached hydrogen (secondary N) is 1. The van der Waals surface area contributed by atoms with Crippen LogP contribution in [0.4, 0.5) is 11.6 Å². The molecule has 0 radical (unpaired) electrons. The lowest BCUT2D eigenvalue weighted by Gasteiger charge is -2.05. The minimum atomic E-state index is -0.713. The van der Waals surface area contributed by atoms with Crippen LogP contribution in [0.25, 0.3) is 0 Å². The van der Waals surface area contributed by atoms with Crippen LogP contribution >= 0.6 is 27.5 Å². The molecule has 0 fully saturated rings. The van der Waals surface area contributed by atoms with Crippen molar-refractivity contribution in [1.29, 1.82) is 0 Å². The van der Waals surface area contributed by atoms with Crippen LogP contribution in [0.1, 0.15) is 10.6 Å². The van der Waals surface area contributed by atoms with Crippen molar-refractivity contribution in [2.45, 2.75) is 0 Å². The molecule has 0 aliphatic carbocycles. The first-order valence-corrected chi connectivity index (χ1v) is 6.15. The van der Waals surface area contributed by atoms with Crippen molar-refractivity contribution >= 4 is 45.0 Å². The average molecular weight is 346 g/mol. The van der Waals surface area contributed by atoms with E-state index >= 15 is 0 Å². The molecule has 1 amide bonds. The number of halogens is 2. The van der Waals surface area contributed by atoms with Gasteiger partial charge in [-0.3, -0.25) is 14.9 Å². The Morgan fingerprint density at radius 1 is 1.37 bits per heavy atom. The number of anilines is 1. The van der Waals surface area contributed by atoms with Gasteiger partial charge >= 0.3 is 5.88 Å². The van der Waals surface area contributed by atoms with Gasteiger partial charge in [-0.25, -0.2) is 0 Å². The Morgan fingerprint density at radius 2 is 2.11 bits per heavy atom. The van der Waals surface area contributed by atoms with Crippen molar-refractivity contribution < 1.29 is 14.1 Å². The zero-order valence-corrected chi connectivity index (χ0v) is 11.6. The second-order valence-corrected chi connectivity index (χ2v) is 4.76. The SMILES string of the molecule is O=C(Nc1ccc(Cl)cc1Br)c1ccc([N+](=O)[O-])o1. The van der Waals surface area contributed by atoms with E-state index in [-0.39, 0.29) is 5.76 Å². The molecule has 0 atom stereocenters. The van der Waals surface area contributed by atoms with Gasteiger partial charge < -0.3 is 9.73 Å². The largest absolute Gasteiger partial charge is 0.433 e. The van der Waals surface area contributed by atoms with Gasteiger partial charge in [-0.1, -0.05) is 11.6 Å². The molecule has 1 heterocycles. The summed E-state index contributed by atoms with van der Waals surface area (Å²) in [7, 11) is 0. The Bertz CT molecular complexity index is 656. The van der Waals surface area contributed by atoms with E-state index in [2.05, 4.69) is 21.2 Å². The summed E-state index contributed by atoms with van der Waals surface area (Å²) in [6, 6.07) is 7.17. The highest BCUT2D eigenvalue weighted by molar-refractivity contribution is 9.10. The van der Waals surface area contributed by atoms with Crippen LogP contribution in [-0.2, 0) is 0 Å². The van der Waals surface area contributed by atoms with Crippen molar-refractivity contribution in [1.82, 2.24) is 0 Å². The summed E-state index contributed by atoms with van der Waals surface area (Å²) >= 11 is 9.01. The molecule has 1 aromatic carbocycles. The van der Waals surface area contributed by atoms with Gasteiger partial charge in [-0.05, 0) is 40.2 Å². The van der Waals surface area contributed by atoms with Crippen LogP contribution in [-0.4, -0.2) is 10.8 Å². The average Bonchev–Trinajstić information content (AvgIpc) is 2.82. The van der Waals surface area contributed by atoms with Gasteiger partial charge in [0, 0.05) is 9.50 Å². The van der Waals surface area contributed by atoms with E-state index in [0.717, 1.165) is 6.07 Å². The molecule has 2 rings (SSSR count). The second-order valence-electron chi connectivity index (χ2n) is 3.47. The molecule has 0 saturated carbocycles. The third kappa shape index (κ3) is 3.12. The third-order valence-corrected chi connectivity index (χ3v) is 3.07. The number of benzene rings is 1. The summed E-state index contributed by atoms with van der Waals surface area (Å²) in [4.78, 5) is 21.5. The molecule has 6 nitrogen and oxygen atoms in total. The van der Waals surface area contributed by atoms with Crippen LogP contribution < -0.4 is 5.32 Å². The number of rotatable bonds is 3. The first kappa shape index (κ1) is 13.6. The van der Waals surface area contributed by atoms with Crippen molar-refractivity contribution in [2.24, 2.45) is 0 Å². The minimum absolute atomic E-state index is 0.145. The number of hydrogen-bond acceptors (Lipinski definition) is 4. The molecule has 19 heavy (non-hydrogen) atoms. The lowest BCUT2D eigenvalue weighted by molar-refractivity contribution is -0.402.